The summed E-state index contributed by atoms with van der Waals surface area (Å²) < 4.78 is 0. The predicted molar refractivity (Wildman–Crippen MR) is 71.3 cm³/mol. The lowest BCUT2D eigenvalue weighted by molar-refractivity contribution is 1.22. The number of nitrogens with two attached hydrogens (primary N) is 2. The molecule has 1 aromatic heterocycles. The first-order valence-electron chi connectivity index (χ1n) is 4.52. The minimum absolute atomic E-state index is 0.208. The summed E-state index contributed by atoms with van der Waals surface area (Å²) in [7, 11) is 0. The van der Waals surface area contributed by atoms with Crippen LogP contribution in [0.4, 0.5) is 11.6 Å². The van der Waals surface area contributed by atoms with E-state index in [1.54, 1.807) is 6.07 Å². The molecule has 4 N–H and O–H groups in total. The number of anilines is 2. The van der Waals surface area contributed by atoms with Crippen LogP contribution >= 0.6 is 34.8 Å². The quantitative estimate of drug-likeness (QED) is 0.790. The van der Waals surface area contributed by atoms with Gasteiger partial charge in [-0.1, -0.05) is 34.8 Å². The lowest BCUT2D eigenvalue weighted by atomic mass is 10.1. The van der Waals surface area contributed by atoms with Gasteiger partial charge in [0, 0.05) is 10.6 Å². The molecule has 0 aliphatic rings. The summed E-state index contributed by atoms with van der Waals surface area (Å²) in [6, 6.07) is 3.14. The van der Waals surface area contributed by atoms with Crippen molar-refractivity contribution in [3.8, 4) is 11.3 Å². The Morgan fingerprint density at radius 3 is 2.47 bits per heavy atom. The van der Waals surface area contributed by atoms with Gasteiger partial charge in [0.2, 0.25) is 0 Å². The van der Waals surface area contributed by atoms with Crippen LogP contribution in [0, 0.1) is 0 Å². The van der Waals surface area contributed by atoms with Gasteiger partial charge < -0.3 is 11.5 Å². The Balaban J connectivity index is 2.72. The largest absolute Gasteiger partial charge is 0.382 e. The highest BCUT2D eigenvalue weighted by atomic mass is 35.5. The first-order valence-corrected chi connectivity index (χ1v) is 5.65. The van der Waals surface area contributed by atoms with Crippen LogP contribution in [0.5, 0.6) is 0 Å². The second-order valence-corrected chi connectivity index (χ2v) is 4.50. The molecule has 4 nitrogen and oxygen atoms in total. The smallest absolute Gasteiger partial charge is 0.150 e. The summed E-state index contributed by atoms with van der Waals surface area (Å²) in [5.41, 5.74) is 12.1. The van der Waals surface area contributed by atoms with Crippen LogP contribution < -0.4 is 11.5 Å². The molecule has 0 fully saturated rings. The molecule has 0 radical (unpaired) electrons. The summed E-state index contributed by atoms with van der Waals surface area (Å²) in [6.07, 6.45) is 1.36. The molecule has 2 aromatic rings. The van der Waals surface area contributed by atoms with Crippen LogP contribution in [0.25, 0.3) is 11.3 Å². The lowest BCUT2D eigenvalue weighted by Gasteiger charge is -2.08. The topological polar surface area (TPSA) is 77.8 Å². The zero-order chi connectivity index (χ0) is 12.6. The standard InChI is InChI=1S/C10H7Cl3N4/c11-4-1-5(8(13)6(12)2-4)9-10(15)16-3-7(14)17-9/h1-3H,(H2,14,17)(H2,15,16). The van der Waals surface area contributed by atoms with E-state index < -0.39 is 0 Å². The summed E-state index contributed by atoms with van der Waals surface area (Å²) in [4.78, 5) is 7.98. The Bertz CT molecular complexity index is 586. The van der Waals surface area contributed by atoms with Crippen molar-refractivity contribution >= 4 is 46.4 Å². The Morgan fingerprint density at radius 2 is 1.76 bits per heavy atom. The third kappa shape index (κ3) is 2.39. The maximum absolute atomic E-state index is 6.07. The number of hydrogen-bond acceptors (Lipinski definition) is 4. The molecule has 0 aliphatic carbocycles. The van der Waals surface area contributed by atoms with Gasteiger partial charge in [-0.15, -0.1) is 0 Å². The SMILES string of the molecule is Nc1cnc(N)c(-c2cc(Cl)cc(Cl)c2Cl)n1. The zero-order valence-corrected chi connectivity index (χ0v) is 10.7. The van der Waals surface area contributed by atoms with E-state index in [9.17, 15) is 0 Å². The number of hydrogen-bond donors (Lipinski definition) is 2. The van der Waals surface area contributed by atoms with E-state index in [1.807, 2.05) is 0 Å². The average Bonchev–Trinajstić information content (AvgIpc) is 2.27. The Hall–Kier alpha value is -1.23. The fraction of sp³-hybridized carbons (Fsp3) is 0. The molecule has 0 atom stereocenters. The average molecular weight is 290 g/mol. The van der Waals surface area contributed by atoms with Crippen LogP contribution in [0.2, 0.25) is 15.1 Å². The molecule has 88 valence electrons. The van der Waals surface area contributed by atoms with Gasteiger partial charge in [0.15, 0.2) is 0 Å². The Labute approximate surface area is 113 Å². The highest BCUT2D eigenvalue weighted by Gasteiger charge is 2.14. The molecule has 0 aliphatic heterocycles. The maximum Gasteiger partial charge on any atom is 0.150 e. The van der Waals surface area contributed by atoms with Crippen LogP contribution in [0.15, 0.2) is 18.3 Å². The molecule has 0 saturated carbocycles. The van der Waals surface area contributed by atoms with Gasteiger partial charge in [0.25, 0.3) is 0 Å². The second kappa shape index (κ2) is 4.56. The third-order valence-corrected chi connectivity index (χ3v) is 3.09. The summed E-state index contributed by atoms with van der Waals surface area (Å²) >= 11 is 17.9. The van der Waals surface area contributed by atoms with Crippen molar-refractivity contribution in [1.29, 1.82) is 0 Å². The monoisotopic (exact) mass is 288 g/mol. The summed E-state index contributed by atoms with van der Waals surface area (Å²) in [5.74, 6) is 0.445. The number of nitrogen functional groups attached to an aromatic ring is 2. The third-order valence-electron chi connectivity index (χ3n) is 2.07. The van der Waals surface area contributed by atoms with E-state index in [1.165, 1.54) is 12.3 Å². The maximum atomic E-state index is 6.07. The second-order valence-electron chi connectivity index (χ2n) is 3.28. The number of nitrogens with zero attached hydrogens (tertiary/aromatic N) is 2. The number of benzene rings is 1. The fourth-order valence-electron chi connectivity index (χ4n) is 1.34. The normalized spacial score (nSPS) is 10.5. The first-order chi connectivity index (χ1) is 7.99. The molecule has 0 spiro atoms. The van der Waals surface area contributed by atoms with Crippen molar-refractivity contribution in [2.75, 3.05) is 11.5 Å². The number of halogens is 3. The molecule has 1 aromatic carbocycles. The van der Waals surface area contributed by atoms with Gasteiger partial charge in [0.05, 0.1) is 16.2 Å². The Kier molecular flexibility index (Phi) is 3.28. The molecule has 7 heteroatoms. The molecule has 0 bridgehead atoms. The van der Waals surface area contributed by atoms with Gasteiger partial charge in [-0.05, 0) is 12.1 Å². The zero-order valence-electron chi connectivity index (χ0n) is 8.42. The van der Waals surface area contributed by atoms with E-state index in [-0.39, 0.29) is 11.6 Å². The highest BCUT2D eigenvalue weighted by molar-refractivity contribution is 6.45. The van der Waals surface area contributed by atoms with Crippen molar-refractivity contribution in [3.05, 3.63) is 33.4 Å². The van der Waals surface area contributed by atoms with Gasteiger partial charge in [-0.3, -0.25) is 0 Å². The number of rotatable bonds is 1. The van der Waals surface area contributed by atoms with Gasteiger partial charge in [0.1, 0.15) is 17.3 Å². The van der Waals surface area contributed by atoms with E-state index >= 15 is 0 Å². The fourth-order valence-corrected chi connectivity index (χ4v) is 2.03. The van der Waals surface area contributed by atoms with Crippen molar-refractivity contribution in [1.82, 2.24) is 9.97 Å². The minimum Gasteiger partial charge on any atom is -0.382 e. The van der Waals surface area contributed by atoms with Crippen LogP contribution in [0.1, 0.15) is 0 Å². The van der Waals surface area contributed by atoms with E-state index in [0.717, 1.165) is 0 Å². The first kappa shape index (κ1) is 12.2. The Morgan fingerprint density at radius 1 is 1.06 bits per heavy atom. The number of aromatic nitrogens is 2. The molecule has 1 heterocycles. The molecule has 2 rings (SSSR count). The predicted octanol–water partition coefficient (Wildman–Crippen LogP) is 3.27. The molecule has 17 heavy (non-hydrogen) atoms. The molecule has 0 saturated heterocycles. The van der Waals surface area contributed by atoms with Gasteiger partial charge in [-0.2, -0.15) is 0 Å². The molecular formula is C10H7Cl3N4. The molecule has 0 amide bonds. The van der Waals surface area contributed by atoms with Gasteiger partial charge in [-0.25, -0.2) is 9.97 Å². The van der Waals surface area contributed by atoms with Crippen LogP contribution in [-0.2, 0) is 0 Å². The van der Waals surface area contributed by atoms with Gasteiger partial charge >= 0.3 is 0 Å². The molecular weight excluding hydrogens is 282 g/mol. The highest BCUT2D eigenvalue weighted by Crippen LogP contribution is 2.37. The van der Waals surface area contributed by atoms with Crippen molar-refractivity contribution in [2.45, 2.75) is 0 Å². The van der Waals surface area contributed by atoms with Crippen molar-refractivity contribution in [2.24, 2.45) is 0 Å². The van der Waals surface area contributed by atoms with Crippen molar-refractivity contribution < 1.29 is 0 Å². The van der Waals surface area contributed by atoms with E-state index in [2.05, 4.69) is 9.97 Å². The summed E-state index contributed by atoms with van der Waals surface area (Å²) in [5, 5.41) is 1.05. The van der Waals surface area contributed by atoms with Crippen LogP contribution in [0.3, 0.4) is 0 Å². The van der Waals surface area contributed by atoms with Crippen molar-refractivity contribution in [3.63, 3.8) is 0 Å². The summed E-state index contributed by atoms with van der Waals surface area (Å²) in [6.45, 7) is 0. The lowest BCUT2D eigenvalue weighted by Crippen LogP contribution is -2.01. The molecule has 0 unspecified atom stereocenters. The van der Waals surface area contributed by atoms with Crippen LogP contribution in [-0.4, -0.2) is 9.97 Å². The minimum atomic E-state index is 0.208. The van der Waals surface area contributed by atoms with E-state index in [0.29, 0.717) is 26.3 Å². The van der Waals surface area contributed by atoms with E-state index in [4.69, 9.17) is 46.3 Å².